The van der Waals surface area contributed by atoms with Crippen molar-refractivity contribution in [3.05, 3.63) is 0 Å². The highest BCUT2D eigenvalue weighted by Crippen LogP contribution is 2.18. The molecule has 0 aliphatic carbocycles. The third-order valence-electron chi connectivity index (χ3n) is 2.71. The Kier molecular flexibility index (Phi) is 4.76. The summed E-state index contributed by atoms with van der Waals surface area (Å²) in [5.41, 5.74) is 5.23. The number of amidine groups is 1. The first-order valence-electron chi connectivity index (χ1n) is 5.24. The first-order valence-corrected chi connectivity index (χ1v) is 7.60. The summed E-state index contributed by atoms with van der Waals surface area (Å²) in [7, 11) is -3.04. The second kappa shape index (κ2) is 5.68. The highest BCUT2D eigenvalue weighted by molar-refractivity contribution is 7.91. The van der Waals surface area contributed by atoms with Gasteiger partial charge >= 0.3 is 0 Å². The van der Waals surface area contributed by atoms with E-state index in [0.29, 0.717) is 6.42 Å². The average Bonchev–Trinajstić information content (AvgIpc) is 2.58. The van der Waals surface area contributed by atoms with Crippen LogP contribution in [0, 0.1) is 5.41 Å². The predicted octanol–water partition coefficient (Wildman–Crippen LogP) is -0.433. The van der Waals surface area contributed by atoms with Gasteiger partial charge in [0.15, 0.2) is 9.84 Å². The van der Waals surface area contributed by atoms with Crippen LogP contribution in [-0.2, 0) is 14.6 Å². The number of nitrogens with zero attached hydrogens (tertiary/aromatic N) is 1. The Bertz CT molecular complexity index is 410. The van der Waals surface area contributed by atoms with Crippen LogP contribution in [0.1, 0.15) is 12.8 Å². The molecule has 0 aromatic heterocycles. The first-order chi connectivity index (χ1) is 7.85. The highest BCUT2D eigenvalue weighted by atomic mass is 35.5. The van der Waals surface area contributed by atoms with Gasteiger partial charge in [-0.15, -0.1) is 11.6 Å². The molecule has 1 fully saturated rings. The number of halogens is 1. The molecule has 1 aliphatic heterocycles. The van der Waals surface area contributed by atoms with Crippen LogP contribution in [0.4, 0.5) is 0 Å². The minimum Gasteiger partial charge on any atom is -0.388 e. The van der Waals surface area contributed by atoms with Gasteiger partial charge in [0.1, 0.15) is 5.88 Å². The van der Waals surface area contributed by atoms with Gasteiger partial charge in [0.05, 0.1) is 17.3 Å². The van der Waals surface area contributed by atoms with Crippen LogP contribution in [0.3, 0.4) is 0 Å². The van der Waals surface area contributed by atoms with Gasteiger partial charge < -0.3 is 10.6 Å². The predicted molar refractivity (Wildman–Crippen MR) is 66.0 cm³/mol. The molecule has 1 amide bonds. The van der Waals surface area contributed by atoms with Crippen molar-refractivity contribution in [2.45, 2.75) is 18.9 Å². The molecule has 1 atom stereocenters. The van der Waals surface area contributed by atoms with Gasteiger partial charge in [-0.2, -0.15) is 0 Å². The zero-order valence-corrected chi connectivity index (χ0v) is 10.9. The lowest BCUT2D eigenvalue weighted by Gasteiger charge is -2.27. The van der Waals surface area contributed by atoms with Gasteiger partial charge in [0.2, 0.25) is 5.91 Å². The Labute approximate surface area is 106 Å². The third-order valence-corrected chi connectivity index (χ3v) is 4.68. The molecule has 6 nitrogen and oxygen atoms in total. The Hall–Kier alpha value is -0.820. The topological polar surface area (TPSA) is 104 Å². The van der Waals surface area contributed by atoms with Crippen LogP contribution >= 0.6 is 11.6 Å². The van der Waals surface area contributed by atoms with Crippen molar-refractivity contribution in [3.63, 3.8) is 0 Å². The summed E-state index contributed by atoms with van der Waals surface area (Å²) < 4.78 is 22.7. The molecule has 3 N–H and O–H groups in total. The molecule has 0 aromatic carbocycles. The van der Waals surface area contributed by atoms with E-state index in [-0.39, 0.29) is 48.1 Å². The number of sulfone groups is 1. The number of nitrogens with two attached hydrogens (primary N) is 1. The summed E-state index contributed by atoms with van der Waals surface area (Å²) in [6, 6.07) is -0.328. The highest BCUT2D eigenvalue weighted by Gasteiger charge is 2.34. The normalized spacial score (nSPS) is 22.3. The van der Waals surface area contributed by atoms with Crippen molar-refractivity contribution >= 4 is 33.2 Å². The number of hydrogen-bond acceptors (Lipinski definition) is 4. The van der Waals surface area contributed by atoms with Gasteiger partial charge in [-0.05, 0) is 6.42 Å². The van der Waals surface area contributed by atoms with Crippen LogP contribution in [0.5, 0.6) is 0 Å². The zero-order chi connectivity index (χ0) is 13.1. The Morgan fingerprint density at radius 3 is 2.59 bits per heavy atom. The van der Waals surface area contributed by atoms with E-state index in [1.54, 1.807) is 0 Å². The minimum atomic E-state index is -3.04. The molecule has 1 saturated heterocycles. The quantitative estimate of drug-likeness (QED) is 0.405. The van der Waals surface area contributed by atoms with E-state index in [9.17, 15) is 13.2 Å². The second-order valence-electron chi connectivity index (χ2n) is 4.05. The molecule has 8 heteroatoms. The number of amides is 1. The molecule has 0 bridgehead atoms. The Morgan fingerprint density at radius 2 is 2.18 bits per heavy atom. The number of carbonyl (C=O) groups is 1. The smallest absolute Gasteiger partial charge is 0.237 e. The Morgan fingerprint density at radius 1 is 1.53 bits per heavy atom. The largest absolute Gasteiger partial charge is 0.388 e. The number of carbonyl (C=O) groups excluding carboxylic acids is 1. The van der Waals surface area contributed by atoms with Gasteiger partial charge in [-0.1, -0.05) is 0 Å². The molecule has 17 heavy (non-hydrogen) atoms. The van der Waals surface area contributed by atoms with E-state index < -0.39 is 9.84 Å². The molecule has 1 aliphatic rings. The van der Waals surface area contributed by atoms with Crippen LogP contribution in [0.2, 0.25) is 0 Å². The lowest BCUT2D eigenvalue weighted by molar-refractivity contribution is -0.130. The lowest BCUT2D eigenvalue weighted by Crippen LogP contribution is -2.43. The maximum atomic E-state index is 11.6. The molecular weight excluding hydrogens is 266 g/mol. The molecule has 98 valence electrons. The summed E-state index contributed by atoms with van der Waals surface area (Å²) in [6.45, 7) is 0.251. The molecule has 0 spiro atoms. The standard InChI is InChI=1S/C9H16ClN3O3S/c10-5-9(14)13(3-1-8(11)12)7-2-4-17(15,16)6-7/h7H,1-6H2,(H3,11,12). The van der Waals surface area contributed by atoms with E-state index in [1.807, 2.05) is 0 Å². The van der Waals surface area contributed by atoms with Crippen molar-refractivity contribution in [1.82, 2.24) is 4.90 Å². The number of nitrogens with one attached hydrogen (secondary N) is 1. The van der Waals surface area contributed by atoms with Crippen molar-refractivity contribution in [2.75, 3.05) is 23.9 Å². The van der Waals surface area contributed by atoms with Gasteiger partial charge in [-0.25, -0.2) is 8.42 Å². The molecule has 0 saturated carbocycles. The van der Waals surface area contributed by atoms with Gasteiger partial charge in [0.25, 0.3) is 0 Å². The summed E-state index contributed by atoms with van der Waals surface area (Å²) in [6.07, 6.45) is 0.669. The fourth-order valence-electron chi connectivity index (χ4n) is 1.85. The van der Waals surface area contributed by atoms with Crippen LogP contribution in [0.25, 0.3) is 0 Å². The van der Waals surface area contributed by atoms with Crippen LogP contribution in [-0.4, -0.2) is 55.0 Å². The fourth-order valence-corrected chi connectivity index (χ4v) is 3.73. The number of hydrogen-bond donors (Lipinski definition) is 2. The maximum absolute atomic E-state index is 11.6. The van der Waals surface area contributed by atoms with E-state index in [0.717, 1.165) is 0 Å². The summed E-state index contributed by atoms with van der Waals surface area (Å²) in [5.74, 6) is -0.445. The molecule has 1 rings (SSSR count). The molecular formula is C9H16ClN3O3S. The fraction of sp³-hybridized carbons (Fsp3) is 0.778. The molecule has 0 aromatic rings. The van der Waals surface area contributed by atoms with E-state index in [4.69, 9.17) is 22.7 Å². The monoisotopic (exact) mass is 281 g/mol. The number of alkyl halides is 1. The third kappa shape index (κ3) is 4.16. The molecule has 0 radical (unpaired) electrons. The minimum absolute atomic E-state index is 0.0203. The van der Waals surface area contributed by atoms with Crippen LogP contribution in [0.15, 0.2) is 0 Å². The van der Waals surface area contributed by atoms with Gasteiger partial charge in [0, 0.05) is 19.0 Å². The number of rotatable bonds is 5. The van der Waals surface area contributed by atoms with Crippen molar-refractivity contribution in [1.29, 1.82) is 5.41 Å². The molecule has 1 heterocycles. The Balaban J connectivity index is 2.70. The SMILES string of the molecule is N=C(N)CCN(C(=O)CCl)C1CCS(=O)(=O)C1. The maximum Gasteiger partial charge on any atom is 0.237 e. The van der Waals surface area contributed by atoms with Crippen LogP contribution < -0.4 is 5.73 Å². The lowest BCUT2D eigenvalue weighted by atomic mass is 10.2. The van der Waals surface area contributed by atoms with Gasteiger partial charge in [-0.3, -0.25) is 10.2 Å². The van der Waals surface area contributed by atoms with Crippen molar-refractivity contribution in [3.8, 4) is 0 Å². The summed E-state index contributed by atoms with van der Waals surface area (Å²) in [5, 5.41) is 7.12. The van der Waals surface area contributed by atoms with E-state index in [1.165, 1.54) is 4.90 Å². The van der Waals surface area contributed by atoms with Crippen molar-refractivity contribution < 1.29 is 13.2 Å². The van der Waals surface area contributed by atoms with Crippen molar-refractivity contribution in [2.24, 2.45) is 5.73 Å². The zero-order valence-electron chi connectivity index (χ0n) is 9.36. The second-order valence-corrected chi connectivity index (χ2v) is 6.55. The molecule has 1 unspecified atom stereocenters. The van der Waals surface area contributed by atoms with E-state index >= 15 is 0 Å². The summed E-state index contributed by atoms with van der Waals surface area (Å²) >= 11 is 5.49. The first kappa shape index (κ1) is 14.2. The van der Waals surface area contributed by atoms with E-state index in [2.05, 4.69) is 0 Å². The summed E-state index contributed by atoms with van der Waals surface area (Å²) in [4.78, 5) is 13.0. The average molecular weight is 282 g/mol.